The number of aliphatic hydroxyl groups is 1. The third kappa shape index (κ3) is 3.56. The number of aromatic carboxylic acids is 1. The largest absolute Gasteiger partial charge is 0.478 e. The van der Waals surface area contributed by atoms with E-state index >= 15 is 0 Å². The van der Waals surface area contributed by atoms with Crippen LogP contribution in [0.5, 0.6) is 0 Å². The Kier molecular flexibility index (Phi) is 4.42. The fourth-order valence-corrected chi connectivity index (χ4v) is 3.68. The quantitative estimate of drug-likeness (QED) is 0.768. The highest BCUT2D eigenvalue weighted by Crippen LogP contribution is 2.21. The van der Waals surface area contributed by atoms with E-state index < -0.39 is 22.1 Å². The zero-order valence-corrected chi connectivity index (χ0v) is 11.6. The minimum Gasteiger partial charge on any atom is -0.478 e. The van der Waals surface area contributed by atoms with Crippen LogP contribution in [0.3, 0.4) is 0 Å². The molecule has 0 aliphatic heterocycles. The molecule has 0 saturated heterocycles. The molecule has 0 amide bonds. The van der Waals surface area contributed by atoms with Gasteiger partial charge in [-0.15, -0.1) is 0 Å². The van der Waals surface area contributed by atoms with Gasteiger partial charge in [0, 0.05) is 6.04 Å². The van der Waals surface area contributed by atoms with E-state index in [-0.39, 0.29) is 16.5 Å². The number of hydrogen-bond donors (Lipinski definition) is 3. The first-order chi connectivity index (χ1) is 9.38. The summed E-state index contributed by atoms with van der Waals surface area (Å²) in [5.74, 6) is -1.17. The maximum Gasteiger partial charge on any atom is 0.335 e. The Morgan fingerprint density at radius 3 is 2.70 bits per heavy atom. The van der Waals surface area contributed by atoms with Crippen LogP contribution in [0.25, 0.3) is 0 Å². The van der Waals surface area contributed by atoms with Crippen molar-refractivity contribution in [3.8, 4) is 0 Å². The highest BCUT2D eigenvalue weighted by molar-refractivity contribution is 7.89. The van der Waals surface area contributed by atoms with Gasteiger partial charge in [-0.05, 0) is 43.9 Å². The number of rotatable bonds is 4. The lowest BCUT2D eigenvalue weighted by Gasteiger charge is -2.26. The van der Waals surface area contributed by atoms with Gasteiger partial charge in [0.1, 0.15) is 0 Å². The van der Waals surface area contributed by atoms with Gasteiger partial charge in [-0.3, -0.25) is 0 Å². The molecule has 3 N–H and O–H groups in total. The summed E-state index contributed by atoms with van der Waals surface area (Å²) in [5, 5.41) is 18.4. The average molecular weight is 299 g/mol. The summed E-state index contributed by atoms with van der Waals surface area (Å²) >= 11 is 0. The molecule has 20 heavy (non-hydrogen) atoms. The van der Waals surface area contributed by atoms with Gasteiger partial charge in [-0.2, -0.15) is 0 Å². The van der Waals surface area contributed by atoms with Crippen molar-refractivity contribution in [1.29, 1.82) is 0 Å². The van der Waals surface area contributed by atoms with Crippen LogP contribution in [0.1, 0.15) is 36.0 Å². The summed E-state index contributed by atoms with van der Waals surface area (Å²) in [6.07, 6.45) is 2.03. The van der Waals surface area contributed by atoms with Crippen molar-refractivity contribution in [3.05, 3.63) is 29.8 Å². The minimum atomic E-state index is -3.76. The van der Waals surface area contributed by atoms with E-state index in [1.165, 1.54) is 18.2 Å². The second-order valence-corrected chi connectivity index (χ2v) is 6.69. The molecule has 1 aliphatic rings. The Hall–Kier alpha value is -1.44. The molecular weight excluding hydrogens is 282 g/mol. The Labute approximate surface area is 117 Å². The highest BCUT2D eigenvalue weighted by atomic mass is 32.2. The fraction of sp³-hybridized carbons (Fsp3) is 0.462. The van der Waals surface area contributed by atoms with Gasteiger partial charge in [-0.1, -0.05) is 6.07 Å². The first-order valence-electron chi connectivity index (χ1n) is 6.42. The lowest BCUT2D eigenvalue weighted by Crippen LogP contribution is -2.39. The smallest absolute Gasteiger partial charge is 0.335 e. The maximum atomic E-state index is 12.2. The summed E-state index contributed by atoms with van der Waals surface area (Å²) in [6.45, 7) is 0. The number of benzene rings is 1. The molecule has 2 atom stereocenters. The van der Waals surface area contributed by atoms with E-state index in [1.807, 2.05) is 0 Å². The van der Waals surface area contributed by atoms with Crippen molar-refractivity contribution >= 4 is 16.0 Å². The lowest BCUT2D eigenvalue weighted by atomic mass is 9.94. The van der Waals surface area contributed by atoms with Crippen molar-refractivity contribution in [3.63, 3.8) is 0 Å². The molecule has 1 fully saturated rings. The van der Waals surface area contributed by atoms with Gasteiger partial charge in [0.2, 0.25) is 10.0 Å². The average Bonchev–Trinajstić information content (AvgIpc) is 2.38. The topological polar surface area (TPSA) is 104 Å². The first kappa shape index (κ1) is 15.0. The van der Waals surface area contributed by atoms with Gasteiger partial charge in [0.25, 0.3) is 0 Å². The molecular formula is C13H17NO5S. The molecule has 110 valence electrons. The highest BCUT2D eigenvalue weighted by Gasteiger charge is 2.25. The van der Waals surface area contributed by atoms with Crippen LogP contribution in [0, 0.1) is 0 Å². The van der Waals surface area contributed by atoms with Crippen LogP contribution in [0.15, 0.2) is 29.2 Å². The molecule has 7 heteroatoms. The molecule has 0 spiro atoms. The molecule has 0 heterocycles. The first-order valence-corrected chi connectivity index (χ1v) is 7.90. The van der Waals surface area contributed by atoms with Crippen molar-refractivity contribution < 1.29 is 23.4 Å². The number of carbonyl (C=O) groups is 1. The predicted octanol–water partition coefficient (Wildman–Crippen LogP) is 0.967. The molecule has 1 aromatic rings. The third-order valence-corrected chi connectivity index (χ3v) is 4.88. The van der Waals surface area contributed by atoms with E-state index in [1.54, 1.807) is 0 Å². The number of aliphatic hydroxyl groups excluding tert-OH is 1. The van der Waals surface area contributed by atoms with Crippen molar-refractivity contribution in [2.45, 2.75) is 42.7 Å². The molecule has 1 aromatic carbocycles. The Morgan fingerprint density at radius 2 is 2.05 bits per heavy atom. The maximum absolute atomic E-state index is 12.2. The lowest BCUT2D eigenvalue weighted by molar-refractivity contribution is 0.0696. The Balaban J connectivity index is 2.17. The number of hydrogen-bond acceptors (Lipinski definition) is 4. The summed E-state index contributed by atoms with van der Waals surface area (Å²) in [7, 11) is -3.76. The van der Waals surface area contributed by atoms with Crippen molar-refractivity contribution in [2.75, 3.05) is 0 Å². The summed E-state index contributed by atoms with van der Waals surface area (Å²) in [5.41, 5.74) is -0.0726. The molecule has 0 bridgehead atoms. The Morgan fingerprint density at radius 1 is 1.30 bits per heavy atom. The number of nitrogens with one attached hydrogen (secondary N) is 1. The van der Waals surface area contributed by atoms with Crippen LogP contribution in [0.4, 0.5) is 0 Å². The molecule has 0 aromatic heterocycles. The van der Waals surface area contributed by atoms with Crippen LogP contribution < -0.4 is 4.72 Å². The Bertz CT molecular complexity index is 599. The second-order valence-electron chi connectivity index (χ2n) is 4.97. The van der Waals surface area contributed by atoms with E-state index in [0.717, 1.165) is 12.5 Å². The SMILES string of the molecule is O=C(O)c1cccc(S(=O)(=O)NC2CCCC(O)C2)c1. The van der Waals surface area contributed by atoms with Gasteiger partial charge in [0.15, 0.2) is 0 Å². The van der Waals surface area contributed by atoms with Crippen molar-refractivity contribution in [1.82, 2.24) is 4.72 Å². The summed E-state index contributed by atoms with van der Waals surface area (Å²) in [6, 6.07) is 4.91. The fourth-order valence-electron chi connectivity index (χ4n) is 2.35. The van der Waals surface area contributed by atoms with E-state index in [0.29, 0.717) is 19.3 Å². The van der Waals surface area contributed by atoms with Crippen LogP contribution in [-0.2, 0) is 10.0 Å². The zero-order chi connectivity index (χ0) is 14.8. The normalized spacial score (nSPS) is 23.4. The third-order valence-electron chi connectivity index (χ3n) is 3.36. The van der Waals surface area contributed by atoms with E-state index in [2.05, 4.69) is 4.72 Å². The molecule has 2 unspecified atom stereocenters. The number of sulfonamides is 1. The zero-order valence-electron chi connectivity index (χ0n) is 10.8. The predicted molar refractivity (Wildman–Crippen MR) is 72.0 cm³/mol. The van der Waals surface area contributed by atoms with E-state index in [4.69, 9.17) is 5.11 Å². The molecule has 6 nitrogen and oxygen atoms in total. The molecule has 2 rings (SSSR count). The van der Waals surface area contributed by atoms with Gasteiger partial charge >= 0.3 is 5.97 Å². The van der Waals surface area contributed by atoms with Crippen LogP contribution >= 0.6 is 0 Å². The van der Waals surface area contributed by atoms with Crippen LogP contribution in [-0.4, -0.2) is 36.7 Å². The number of carboxylic acids is 1. The van der Waals surface area contributed by atoms with E-state index in [9.17, 15) is 18.3 Å². The molecule has 1 aliphatic carbocycles. The minimum absolute atomic E-state index is 0.0718. The monoisotopic (exact) mass is 299 g/mol. The summed E-state index contributed by atoms with van der Waals surface area (Å²) < 4.78 is 26.9. The van der Waals surface area contributed by atoms with Gasteiger partial charge < -0.3 is 10.2 Å². The van der Waals surface area contributed by atoms with Crippen molar-refractivity contribution in [2.24, 2.45) is 0 Å². The standard InChI is InChI=1S/C13H17NO5S/c15-11-5-2-4-10(8-11)14-20(18,19)12-6-1-3-9(7-12)13(16)17/h1,3,6-7,10-11,14-15H,2,4-5,8H2,(H,16,17). The second kappa shape index (κ2) is 5.90. The number of carboxylic acid groups (broad SMARTS) is 1. The molecule has 1 saturated carbocycles. The van der Waals surface area contributed by atoms with Gasteiger partial charge in [-0.25, -0.2) is 17.9 Å². The molecule has 0 radical (unpaired) electrons. The van der Waals surface area contributed by atoms with Gasteiger partial charge in [0.05, 0.1) is 16.6 Å². The van der Waals surface area contributed by atoms with Crippen LogP contribution in [0.2, 0.25) is 0 Å². The summed E-state index contributed by atoms with van der Waals surface area (Å²) in [4.78, 5) is 10.8.